The molecule has 0 bridgehead atoms. The van der Waals surface area contributed by atoms with E-state index in [2.05, 4.69) is 10.6 Å². The molecule has 33 heavy (non-hydrogen) atoms. The number of sulfone groups is 1. The highest BCUT2D eigenvalue weighted by Crippen LogP contribution is 2.29. The average Bonchev–Trinajstić information content (AvgIpc) is 2.79. The van der Waals surface area contributed by atoms with Crippen LogP contribution in [0, 0.1) is 11.6 Å². The lowest BCUT2D eigenvalue weighted by molar-refractivity contribution is -0.117. The molecule has 0 radical (unpaired) electrons. The first-order chi connectivity index (χ1) is 15.7. The molecule has 0 saturated carbocycles. The molecule has 1 aliphatic rings. The topological polar surface area (TPSA) is 92.3 Å². The summed E-state index contributed by atoms with van der Waals surface area (Å²) in [5.41, 5.74) is 1.45. The molecule has 3 aromatic rings. The summed E-state index contributed by atoms with van der Waals surface area (Å²) in [5.74, 6) is -4.33. The van der Waals surface area contributed by atoms with Gasteiger partial charge in [-0.25, -0.2) is 17.2 Å². The van der Waals surface area contributed by atoms with Gasteiger partial charge in [0.25, 0.3) is 0 Å². The SMILES string of the molecule is O=C1CCc2cc(S(=O)(=O)CC(C(=O)Nc3ccc(F)cc3F)c3ccccc3)ccc2N1. The summed E-state index contributed by atoms with van der Waals surface area (Å²) in [6.45, 7) is 0. The summed E-state index contributed by atoms with van der Waals surface area (Å²) >= 11 is 0. The first kappa shape index (κ1) is 22.6. The highest BCUT2D eigenvalue weighted by Gasteiger charge is 2.30. The van der Waals surface area contributed by atoms with E-state index in [-0.39, 0.29) is 22.9 Å². The van der Waals surface area contributed by atoms with Crippen molar-refractivity contribution < 1.29 is 26.8 Å². The molecule has 2 amide bonds. The predicted octanol–water partition coefficient (Wildman–Crippen LogP) is 4.05. The minimum atomic E-state index is -3.94. The third kappa shape index (κ3) is 5.09. The van der Waals surface area contributed by atoms with Crippen molar-refractivity contribution >= 4 is 33.0 Å². The minimum Gasteiger partial charge on any atom is -0.326 e. The molecular weight excluding hydrogens is 450 g/mol. The molecule has 1 heterocycles. The van der Waals surface area contributed by atoms with Crippen LogP contribution in [0.4, 0.5) is 20.2 Å². The lowest BCUT2D eigenvalue weighted by atomic mass is 10.00. The van der Waals surface area contributed by atoms with Crippen LogP contribution in [-0.2, 0) is 25.8 Å². The van der Waals surface area contributed by atoms with Crippen LogP contribution in [0.25, 0.3) is 0 Å². The average molecular weight is 470 g/mol. The van der Waals surface area contributed by atoms with E-state index in [0.717, 1.165) is 12.1 Å². The largest absolute Gasteiger partial charge is 0.326 e. The Morgan fingerprint density at radius 3 is 2.48 bits per heavy atom. The van der Waals surface area contributed by atoms with Crippen LogP contribution in [0.3, 0.4) is 0 Å². The maximum atomic E-state index is 14.1. The Labute approximate surface area is 189 Å². The molecule has 1 aliphatic heterocycles. The molecule has 2 N–H and O–H groups in total. The molecule has 0 aliphatic carbocycles. The molecule has 0 fully saturated rings. The van der Waals surface area contributed by atoms with Crippen molar-refractivity contribution in [2.24, 2.45) is 0 Å². The van der Waals surface area contributed by atoms with Crippen LogP contribution in [0.15, 0.2) is 71.6 Å². The van der Waals surface area contributed by atoms with E-state index in [1.54, 1.807) is 30.3 Å². The Morgan fingerprint density at radius 1 is 1.00 bits per heavy atom. The van der Waals surface area contributed by atoms with Crippen molar-refractivity contribution in [3.63, 3.8) is 0 Å². The number of rotatable bonds is 6. The fraction of sp³-hybridized carbons (Fsp3) is 0.167. The maximum absolute atomic E-state index is 14.1. The standard InChI is InChI=1S/C24H20F2N2O4S/c25-17-7-9-22(20(26)13-17)28-24(30)19(15-4-2-1-3-5-15)14-33(31,32)18-8-10-21-16(12-18)6-11-23(29)27-21/h1-5,7-10,12-13,19H,6,11,14H2,(H,27,29)(H,28,30). The second-order valence-corrected chi connectivity index (χ2v) is 9.76. The van der Waals surface area contributed by atoms with Gasteiger partial charge in [-0.15, -0.1) is 0 Å². The second-order valence-electron chi connectivity index (χ2n) is 7.73. The highest BCUT2D eigenvalue weighted by atomic mass is 32.2. The van der Waals surface area contributed by atoms with Gasteiger partial charge in [0.05, 0.1) is 22.3 Å². The van der Waals surface area contributed by atoms with Crippen LogP contribution >= 0.6 is 0 Å². The summed E-state index contributed by atoms with van der Waals surface area (Å²) in [6, 6.07) is 15.4. The molecule has 1 atom stereocenters. The molecule has 3 aromatic carbocycles. The number of hydrogen-bond donors (Lipinski definition) is 2. The Morgan fingerprint density at radius 2 is 1.76 bits per heavy atom. The molecule has 0 spiro atoms. The van der Waals surface area contributed by atoms with E-state index >= 15 is 0 Å². The number of benzene rings is 3. The molecule has 4 rings (SSSR count). The van der Waals surface area contributed by atoms with E-state index in [0.29, 0.717) is 29.3 Å². The summed E-state index contributed by atoms with van der Waals surface area (Å²) in [4.78, 5) is 24.6. The first-order valence-corrected chi connectivity index (χ1v) is 11.8. The van der Waals surface area contributed by atoms with Crippen molar-refractivity contribution in [3.8, 4) is 0 Å². The maximum Gasteiger partial charge on any atom is 0.233 e. The number of anilines is 2. The van der Waals surface area contributed by atoms with Gasteiger partial charge in [-0.05, 0) is 47.9 Å². The van der Waals surface area contributed by atoms with E-state index < -0.39 is 39.0 Å². The Kier molecular flexibility index (Phi) is 6.24. The smallest absolute Gasteiger partial charge is 0.233 e. The molecule has 9 heteroatoms. The van der Waals surface area contributed by atoms with E-state index in [9.17, 15) is 26.8 Å². The van der Waals surface area contributed by atoms with E-state index in [4.69, 9.17) is 0 Å². The molecule has 6 nitrogen and oxygen atoms in total. The predicted molar refractivity (Wildman–Crippen MR) is 120 cm³/mol. The van der Waals surface area contributed by atoms with Crippen LogP contribution < -0.4 is 10.6 Å². The van der Waals surface area contributed by atoms with Gasteiger partial charge in [-0.1, -0.05) is 30.3 Å². The zero-order chi connectivity index (χ0) is 23.6. The lowest BCUT2D eigenvalue weighted by Crippen LogP contribution is -2.28. The Balaban J connectivity index is 1.64. The summed E-state index contributed by atoms with van der Waals surface area (Å²) in [7, 11) is -3.94. The third-order valence-electron chi connectivity index (χ3n) is 5.42. The Hall–Kier alpha value is -3.59. The van der Waals surface area contributed by atoms with Crippen LogP contribution in [-0.4, -0.2) is 26.0 Å². The van der Waals surface area contributed by atoms with Gasteiger partial charge in [0, 0.05) is 18.2 Å². The van der Waals surface area contributed by atoms with Gasteiger partial charge in [0.2, 0.25) is 11.8 Å². The lowest BCUT2D eigenvalue weighted by Gasteiger charge is -2.20. The highest BCUT2D eigenvalue weighted by molar-refractivity contribution is 7.91. The van der Waals surface area contributed by atoms with E-state index in [1.165, 1.54) is 18.2 Å². The first-order valence-electron chi connectivity index (χ1n) is 10.2. The minimum absolute atomic E-state index is 0.0269. The van der Waals surface area contributed by atoms with Crippen molar-refractivity contribution in [1.29, 1.82) is 0 Å². The Bertz CT molecular complexity index is 1330. The summed E-state index contributed by atoms with van der Waals surface area (Å²) in [6.07, 6.45) is 0.672. The van der Waals surface area contributed by atoms with E-state index in [1.807, 2.05) is 0 Å². The van der Waals surface area contributed by atoms with Crippen LogP contribution in [0.5, 0.6) is 0 Å². The number of nitrogens with one attached hydrogen (secondary N) is 2. The number of carbonyl (C=O) groups excluding carboxylic acids is 2. The van der Waals surface area contributed by atoms with Gasteiger partial charge in [-0.3, -0.25) is 9.59 Å². The zero-order valence-corrected chi connectivity index (χ0v) is 18.2. The molecule has 170 valence electrons. The van der Waals surface area contributed by atoms with Gasteiger partial charge < -0.3 is 10.6 Å². The number of halogens is 2. The molecule has 1 unspecified atom stereocenters. The second kappa shape index (κ2) is 9.11. The summed E-state index contributed by atoms with van der Waals surface area (Å²) in [5, 5.41) is 5.07. The van der Waals surface area contributed by atoms with Crippen molar-refractivity contribution in [2.45, 2.75) is 23.7 Å². The van der Waals surface area contributed by atoms with Crippen LogP contribution in [0.1, 0.15) is 23.5 Å². The van der Waals surface area contributed by atoms with Crippen molar-refractivity contribution in [1.82, 2.24) is 0 Å². The fourth-order valence-electron chi connectivity index (χ4n) is 3.69. The third-order valence-corrected chi connectivity index (χ3v) is 7.17. The van der Waals surface area contributed by atoms with Gasteiger partial charge in [0.1, 0.15) is 11.6 Å². The fourth-order valence-corrected chi connectivity index (χ4v) is 5.26. The van der Waals surface area contributed by atoms with Gasteiger partial charge in [0.15, 0.2) is 9.84 Å². The monoisotopic (exact) mass is 470 g/mol. The van der Waals surface area contributed by atoms with Crippen LogP contribution in [0.2, 0.25) is 0 Å². The number of aryl methyl sites for hydroxylation is 1. The molecule has 0 aromatic heterocycles. The quantitative estimate of drug-likeness (QED) is 0.569. The van der Waals surface area contributed by atoms with Crippen molar-refractivity contribution in [3.05, 3.63) is 89.5 Å². The normalized spacial score (nSPS) is 14.2. The number of carbonyl (C=O) groups is 2. The number of hydrogen-bond acceptors (Lipinski definition) is 4. The van der Waals surface area contributed by atoms with Gasteiger partial charge >= 0.3 is 0 Å². The van der Waals surface area contributed by atoms with Gasteiger partial charge in [-0.2, -0.15) is 0 Å². The molecular formula is C24H20F2N2O4S. The zero-order valence-electron chi connectivity index (χ0n) is 17.3. The number of fused-ring (bicyclic) bond motifs is 1. The summed E-state index contributed by atoms with van der Waals surface area (Å²) < 4.78 is 53.8. The number of amides is 2. The van der Waals surface area contributed by atoms with Crippen molar-refractivity contribution in [2.75, 3.05) is 16.4 Å². The molecule has 0 saturated heterocycles.